The zero-order valence-electron chi connectivity index (χ0n) is 19.6. The number of rotatable bonds is 9. The molecule has 3 nitrogen and oxygen atoms in total. The van der Waals surface area contributed by atoms with Crippen LogP contribution in [0.25, 0.3) is 0 Å². The van der Waals surface area contributed by atoms with E-state index in [1.807, 2.05) is 0 Å². The number of carbonyl (C=O) groups excluding carboxylic acids is 1. The SMILES string of the molecule is C=CC(=O)OC(CC)Oc1c(F)cc(C2CCC(C3CCC(CCC)CC3)CC2)cc1F. The molecule has 1 atom stereocenters. The lowest BCUT2D eigenvalue weighted by molar-refractivity contribution is -0.158. The molecule has 0 bridgehead atoms. The average molecular weight is 449 g/mol. The first-order valence-corrected chi connectivity index (χ1v) is 12.4. The molecule has 2 aliphatic carbocycles. The lowest BCUT2D eigenvalue weighted by atomic mass is 9.68. The molecule has 32 heavy (non-hydrogen) atoms. The molecule has 0 N–H and O–H groups in total. The Morgan fingerprint density at radius 1 is 1.03 bits per heavy atom. The van der Waals surface area contributed by atoms with Gasteiger partial charge in [-0.1, -0.05) is 46.1 Å². The van der Waals surface area contributed by atoms with E-state index < -0.39 is 29.6 Å². The van der Waals surface area contributed by atoms with Crippen LogP contribution in [0.3, 0.4) is 0 Å². The number of hydrogen-bond donors (Lipinski definition) is 0. The van der Waals surface area contributed by atoms with Gasteiger partial charge in [0.1, 0.15) is 0 Å². The summed E-state index contributed by atoms with van der Waals surface area (Å²) >= 11 is 0. The molecule has 2 saturated carbocycles. The standard InChI is InChI=1S/C27H38F2O3/c1-4-7-18-8-10-19(11-9-18)20-12-14-21(15-13-20)22-16-23(28)27(24(29)17-22)32-26(6-3)31-25(30)5-2/h5,16-21,26H,2,4,6-15H2,1,3H3. The van der Waals surface area contributed by atoms with Gasteiger partial charge in [-0.2, -0.15) is 0 Å². The van der Waals surface area contributed by atoms with E-state index in [1.54, 1.807) is 6.92 Å². The first-order valence-electron chi connectivity index (χ1n) is 12.4. The van der Waals surface area contributed by atoms with Gasteiger partial charge in [0.15, 0.2) is 17.4 Å². The highest BCUT2D eigenvalue weighted by molar-refractivity contribution is 5.81. The minimum atomic E-state index is -1.06. The lowest BCUT2D eigenvalue weighted by Crippen LogP contribution is -2.25. The molecule has 2 aliphatic rings. The maximum atomic E-state index is 14.7. The van der Waals surface area contributed by atoms with Crippen LogP contribution in [0.2, 0.25) is 0 Å². The van der Waals surface area contributed by atoms with E-state index in [0.717, 1.165) is 49.5 Å². The van der Waals surface area contributed by atoms with Gasteiger partial charge < -0.3 is 9.47 Å². The zero-order chi connectivity index (χ0) is 23.1. The van der Waals surface area contributed by atoms with Crippen LogP contribution in [0.5, 0.6) is 5.75 Å². The Bertz CT molecular complexity index is 739. The molecule has 0 heterocycles. The highest BCUT2D eigenvalue weighted by Gasteiger charge is 2.32. The quantitative estimate of drug-likeness (QED) is 0.221. The zero-order valence-corrected chi connectivity index (χ0v) is 19.6. The Morgan fingerprint density at radius 2 is 1.59 bits per heavy atom. The number of ether oxygens (including phenoxy) is 2. The second kappa shape index (κ2) is 11.8. The van der Waals surface area contributed by atoms with Gasteiger partial charge in [0.25, 0.3) is 0 Å². The van der Waals surface area contributed by atoms with Crippen LogP contribution in [-0.2, 0) is 9.53 Å². The molecular weight excluding hydrogens is 410 g/mol. The van der Waals surface area contributed by atoms with Gasteiger partial charge in [0.2, 0.25) is 6.29 Å². The Labute approximate surface area is 191 Å². The minimum Gasteiger partial charge on any atom is -0.449 e. The highest BCUT2D eigenvalue weighted by atomic mass is 19.1. The lowest BCUT2D eigenvalue weighted by Gasteiger charge is -2.38. The molecule has 178 valence electrons. The summed E-state index contributed by atoms with van der Waals surface area (Å²) in [7, 11) is 0. The van der Waals surface area contributed by atoms with E-state index in [-0.39, 0.29) is 12.3 Å². The van der Waals surface area contributed by atoms with Crippen molar-refractivity contribution < 1.29 is 23.0 Å². The maximum absolute atomic E-state index is 14.7. The molecule has 0 spiro atoms. The smallest absolute Gasteiger partial charge is 0.333 e. The van der Waals surface area contributed by atoms with Gasteiger partial charge >= 0.3 is 5.97 Å². The highest BCUT2D eigenvalue weighted by Crippen LogP contribution is 2.45. The minimum absolute atomic E-state index is 0.182. The number of halogens is 2. The fourth-order valence-electron chi connectivity index (χ4n) is 5.71. The van der Waals surface area contributed by atoms with E-state index in [4.69, 9.17) is 9.47 Å². The molecule has 0 aliphatic heterocycles. The topological polar surface area (TPSA) is 35.5 Å². The Kier molecular flexibility index (Phi) is 9.12. The van der Waals surface area contributed by atoms with E-state index in [9.17, 15) is 13.6 Å². The van der Waals surface area contributed by atoms with Gasteiger partial charge in [-0.05, 0) is 79.9 Å². The largest absolute Gasteiger partial charge is 0.449 e. The van der Waals surface area contributed by atoms with E-state index in [0.29, 0.717) is 5.56 Å². The van der Waals surface area contributed by atoms with Gasteiger partial charge in [-0.25, -0.2) is 13.6 Å². The van der Waals surface area contributed by atoms with Crippen LogP contribution >= 0.6 is 0 Å². The van der Waals surface area contributed by atoms with Crippen molar-refractivity contribution in [3.8, 4) is 5.75 Å². The normalized spacial score (nSPS) is 26.9. The number of carbonyl (C=O) groups is 1. The predicted octanol–water partition coefficient (Wildman–Crippen LogP) is 7.69. The molecule has 1 unspecified atom stereocenters. The van der Waals surface area contributed by atoms with Crippen molar-refractivity contribution in [2.45, 2.75) is 96.7 Å². The van der Waals surface area contributed by atoms with E-state index >= 15 is 0 Å². The molecule has 0 radical (unpaired) electrons. The Balaban J connectivity index is 1.57. The van der Waals surface area contributed by atoms with Crippen LogP contribution in [0.15, 0.2) is 24.8 Å². The summed E-state index contributed by atoms with van der Waals surface area (Å²) in [6, 6.07) is 2.78. The van der Waals surface area contributed by atoms with Crippen LogP contribution in [0.1, 0.15) is 96.0 Å². The third-order valence-corrected chi connectivity index (χ3v) is 7.52. The summed E-state index contributed by atoms with van der Waals surface area (Å²) < 4.78 is 39.8. The van der Waals surface area contributed by atoms with Crippen LogP contribution in [-0.4, -0.2) is 12.3 Å². The fourth-order valence-corrected chi connectivity index (χ4v) is 5.71. The predicted molar refractivity (Wildman–Crippen MR) is 122 cm³/mol. The Morgan fingerprint density at radius 3 is 2.09 bits per heavy atom. The molecule has 0 aromatic heterocycles. The second-order valence-corrected chi connectivity index (χ2v) is 9.59. The number of benzene rings is 1. The van der Waals surface area contributed by atoms with Crippen molar-refractivity contribution in [3.05, 3.63) is 42.0 Å². The van der Waals surface area contributed by atoms with E-state index in [2.05, 4.69) is 13.5 Å². The van der Waals surface area contributed by atoms with Crippen molar-refractivity contribution in [2.24, 2.45) is 17.8 Å². The summed E-state index contributed by atoms with van der Waals surface area (Å²) in [6.45, 7) is 7.30. The van der Waals surface area contributed by atoms with Gasteiger partial charge in [-0.15, -0.1) is 0 Å². The van der Waals surface area contributed by atoms with Gasteiger partial charge in [0, 0.05) is 12.5 Å². The van der Waals surface area contributed by atoms with Crippen LogP contribution in [0.4, 0.5) is 8.78 Å². The summed E-state index contributed by atoms with van der Waals surface area (Å²) in [4.78, 5) is 11.4. The fraction of sp³-hybridized carbons (Fsp3) is 0.667. The molecular formula is C27H38F2O3. The molecule has 3 rings (SSSR count). The second-order valence-electron chi connectivity index (χ2n) is 9.59. The molecule has 5 heteroatoms. The van der Waals surface area contributed by atoms with Crippen LogP contribution in [0, 0.1) is 29.4 Å². The van der Waals surface area contributed by atoms with Crippen molar-refractivity contribution >= 4 is 5.97 Å². The first kappa shape index (κ1) is 24.7. The summed E-state index contributed by atoms with van der Waals surface area (Å²) in [5, 5.41) is 0. The Hall–Kier alpha value is -1.91. The molecule has 2 fully saturated rings. The van der Waals surface area contributed by atoms with Crippen molar-refractivity contribution in [2.75, 3.05) is 0 Å². The summed E-state index contributed by atoms with van der Waals surface area (Å²) in [5.41, 5.74) is 0.702. The van der Waals surface area contributed by atoms with Crippen molar-refractivity contribution in [3.63, 3.8) is 0 Å². The number of esters is 1. The molecule has 1 aromatic carbocycles. The summed E-state index contributed by atoms with van der Waals surface area (Å²) in [6.07, 6.45) is 12.6. The average Bonchev–Trinajstić information content (AvgIpc) is 2.81. The van der Waals surface area contributed by atoms with Crippen molar-refractivity contribution in [1.82, 2.24) is 0 Å². The van der Waals surface area contributed by atoms with E-state index in [1.165, 1.54) is 50.7 Å². The number of hydrogen-bond acceptors (Lipinski definition) is 3. The maximum Gasteiger partial charge on any atom is 0.333 e. The third kappa shape index (κ3) is 6.32. The third-order valence-electron chi connectivity index (χ3n) is 7.52. The monoisotopic (exact) mass is 448 g/mol. The first-order chi connectivity index (χ1) is 15.4. The summed E-state index contributed by atoms with van der Waals surface area (Å²) in [5.74, 6) is 0.0236. The van der Waals surface area contributed by atoms with Crippen LogP contribution < -0.4 is 4.74 Å². The molecule has 0 saturated heterocycles. The van der Waals surface area contributed by atoms with Gasteiger partial charge in [0.05, 0.1) is 0 Å². The molecule has 0 amide bonds. The molecule has 1 aromatic rings. The van der Waals surface area contributed by atoms with Gasteiger partial charge in [-0.3, -0.25) is 0 Å². The van der Waals surface area contributed by atoms with Crippen molar-refractivity contribution in [1.29, 1.82) is 0 Å².